The molecule has 3 N–H and O–H groups in total. The lowest BCUT2D eigenvalue weighted by Gasteiger charge is -2.16. The second-order valence-corrected chi connectivity index (χ2v) is 6.59. The lowest BCUT2D eigenvalue weighted by Crippen LogP contribution is -2.41. The first-order valence-electron chi connectivity index (χ1n) is 7.75. The van der Waals surface area contributed by atoms with Gasteiger partial charge in [0.15, 0.2) is 0 Å². The number of nitrogens with two attached hydrogens (primary N) is 1. The largest absolute Gasteiger partial charge is 0.347 e. The number of carbonyl (C=O) groups is 1. The lowest BCUT2D eigenvalue weighted by atomic mass is 10.1. The molecule has 0 aliphatic heterocycles. The summed E-state index contributed by atoms with van der Waals surface area (Å²) in [6.45, 7) is 0.299. The SMILES string of the molecule is Cn1nncc1-c1csc(C(=O)NC(CN)Cc2ccc(F)cc2)c1. The molecule has 1 amide bonds. The monoisotopic (exact) mass is 359 g/mol. The van der Waals surface area contributed by atoms with Crippen LogP contribution in [-0.2, 0) is 13.5 Å². The normalized spacial score (nSPS) is 12.1. The van der Waals surface area contributed by atoms with E-state index in [0.717, 1.165) is 16.8 Å². The number of nitrogens with one attached hydrogen (secondary N) is 1. The van der Waals surface area contributed by atoms with Crippen LogP contribution in [0.3, 0.4) is 0 Å². The van der Waals surface area contributed by atoms with Gasteiger partial charge in [-0.3, -0.25) is 4.79 Å². The van der Waals surface area contributed by atoms with Crippen molar-refractivity contribution < 1.29 is 9.18 Å². The summed E-state index contributed by atoms with van der Waals surface area (Å²) in [6, 6.07) is 7.79. The molecule has 130 valence electrons. The van der Waals surface area contributed by atoms with Crippen LogP contribution < -0.4 is 11.1 Å². The zero-order chi connectivity index (χ0) is 17.8. The fourth-order valence-corrected chi connectivity index (χ4v) is 3.30. The molecule has 0 saturated heterocycles. The minimum atomic E-state index is -0.284. The van der Waals surface area contributed by atoms with Crippen LogP contribution in [0.15, 0.2) is 41.9 Å². The average molecular weight is 359 g/mol. The highest BCUT2D eigenvalue weighted by Crippen LogP contribution is 2.24. The Morgan fingerprint density at radius 1 is 1.40 bits per heavy atom. The first kappa shape index (κ1) is 17.2. The molecule has 25 heavy (non-hydrogen) atoms. The first-order chi connectivity index (χ1) is 12.1. The number of amides is 1. The van der Waals surface area contributed by atoms with Crippen molar-refractivity contribution in [2.75, 3.05) is 6.54 Å². The fourth-order valence-electron chi connectivity index (χ4n) is 2.50. The number of carbonyl (C=O) groups excluding carboxylic acids is 1. The van der Waals surface area contributed by atoms with E-state index in [4.69, 9.17) is 5.73 Å². The number of thiophene rings is 1. The Bertz CT molecular complexity index is 858. The Hall–Kier alpha value is -2.58. The van der Waals surface area contributed by atoms with Gasteiger partial charge in [0.25, 0.3) is 5.91 Å². The van der Waals surface area contributed by atoms with Crippen molar-refractivity contribution >= 4 is 17.2 Å². The summed E-state index contributed by atoms with van der Waals surface area (Å²) in [4.78, 5) is 13.1. The van der Waals surface area contributed by atoms with E-state index in [0.29, 0.717) is 17.8 Å². The predicted octanol–water partition coefficient (Wildman–Crippen LogP) is 1.98. The number of rotatable bonds is 6. The van der Waals surface area contributed by atoms with Gasteiger partial charge < -0.3 is 11.1 Å². The molecule has 1 atom stereocenters. The molecule has 2 aromatic heterocycles. The van der Waals surface area contributed by atoms with Crippen LogP contribution in [0.4, 0.5) is 4.39 Å². The summed E-state index contributed by atoms with van der Waals surface area (Å²) in [7, 11) is 1.80. The van der Waals surface area contributed by atoms with E-state index in [1.54, 1.807) is 30.1 Å². The van der Waals surface area contributed by atoms with Gasteiger partial charge in [-0.1, -0.05) is 17.3 Å². The van der Waals surface area contributed by atoms with Crippen molar-refractivity contribution in [1.82, 2.24) is 20.3 Å². The smallest absolute Gasteiger partial charge is 0.261 e. The van der Waals surface area contributed by atoms with Crippen molar-refractivity contribution in [3.63, 3.8) is 0 Å². The Morgan fingerprint density at radius 3 is 2.80 bits per heavy atom. The molecule has 1 aromatic carbocycles. The van der Waals surface area contributed by atoms with Gasteiger partial charge in [-0.05, 0) is 30.2 Å². The summed E-state index contributed by atoms with van der Waals surface area (Å²) in [6.07, 6.45) is 2.20. The number of aromatic nitrogens is 3. The van der Waals surface area contributed by atoms with Gasteiger partial charge in [0.2, 0.25) is 0 Å². The van der Waals surface area contributed by atoms with Gasteiger partial charge in [-0.15, -0.1) is 16.4 Å². The van der Waals surface area contributed by atoms with Crippen LogP contribution in [0.1, 0.15) is 15.2 Å². The zero-order valence-corrected chi connectivity index (χ0v) is 14.5. The second-order valence-electron chi connectivity index (χ2n) is 5.68. The highest BCUT2D eigenvalue weighted by atomic mass is 32.1. The molecule has 0 saturated carbocycles. The van der Waals surface area contributed by atoms with Gasteiger partial charge >= 0.3 is 0 Å². The van der Waals surface area contributed by atoms with E-state index in [1.807, 2.05) is 11.4 Å². The Labute approximate surface area is 148 Å². The molecule has 0 fully saturated rings. The van der Waals surface area contributed by atoms with Crippen LogP contribution in [0, 0.1) is 5.82 Å². The van der Waals surface area contributed by atoms with Crippen LogP contribution in [0.5, 0.6) is 0 Å². The quantitative estimate of drug-likeness (QED) is 0.705. The van der Waals surface area contributed by atoms with E-state index in [9.17, 15) is 9.18 Å². The van der Waals surface area contributed by atoms with Crippen LogP contribution in [0.25, 0.3) is 11.3 Å². The van der Waals surface area contributed by atoms with E-state index in [-0.39, 0.29) is 17.8 Å². The molecule has 0 bridgehead atoms. The third-order valence-corrected chi connectivity index (χ3v) is 4.78. The summed E-state index contributed by atoms with van der Waals surface area (Å²) < 4.78 is 14.6. The molecular weight excluding hydrogens is 341 g/mol. The fraction of sp³-hybridized carbons (Fsp3) is 0.235. The molecule has 3 aromatic rings. The summed E-state index contributed by atoms with van der Waals surface area (Å²) in [5, 5.41) is 12.6. The topological polar surface area (TPSA) is 85.8 Å². The Morgan fingerprint density at radius 2 is 2.16 bits per heavy atom. The van der Waals surface area contributed by atoms with Gasteiger partial charge in [0, 0.05) is 30.6 Å². The van der Waals surface area contributed by atoms with Crippen LogP contribution >= 0.6 is 11.3 Å². The first-order valence-corrected chi connectivity index (χ1v) is 8.63. The zero-order valence-electron chi connectivity index (χ0n) is 13.6. The average Bonchev–Trinajstić information content (AvgIpc) is 3.24. The third-order valence-electron chi connectivity index (χ3n) is 3.85. The molecule has 6 nitrogen and oxygen atoms in total. The van der Waals surface area contributed by atoms with Gasteiger partial charge in [0.05, 0.1) is 16.8 Å². The molecule has 0 spiro atoms. The highest BCUT2D eigenvalue weighted by Gasteiger charge is 2.16. The van der Waals surface area contributed by atoms with Crippen LogP contribution in [0.2, 0.25) is 0 Å². The van der Waals surface area contributed by atoms with E-state index in [1.165, 1.54) is 23.5 Å². The van der Waals surface area contributed by atoms with E-state index < -0.39 is 0 Å². The van der Waals surface area contributed by atoms with Crippen LogP contribution in [-0.4, -0.2) is 33.5 Å². The lowest BCUT2D eigenvalue weighted by molar-refractivity contribution is 0.0942. The second kappa shape index (κ2) is 7.54. The van der Waals surface area contributed by atoms with Gasteiger partial charge in [-0.25, -0.2) is 9.07 Å². The third kappa shape index (κ3) is 4.09. The molecular formula is C17H18FN5OS. The Kier molecular flexibility index (Phi) is 5.20. The van der Waals surface area contributed by atoms with Gasteiger partial charge in [0.1, 0.15) is 5.82 Å². The molecule has 0 aliphatic rings. The number of halogens is 1. The maximum absolute atomic E-state index is 13.0. The highest BCUT2D eigenvalue weighted by molar-refractivity contribution is 7.12. The van der Waals surface area contributed by atoms with Crippen molar-refractivity contribution in [3.8, 4) is 11.3 Å². The molecule has 0 radical (unpaired) electrons. The maximum atomic E-state index is 13.0. The molecule has 2 heterocycles. The van der Waals surface area contributed by atoms with E-state index in [2.05, 4.69) is 15.6 Å². The summed E-state index contributed by atoms with van der Waals surface area (Å²) >= 11 is 1.35. The molecule has 8 heteroatoms. The summed E-state index contributed by atoms with van der Waals surface area (Å²) in [5.41, 5.74) is 8.43. The molecule has 0 aliphatic carbocycles. The van der Waals surface area contributed by atoms with Crippen molar-refractivity contribution in [1.29, 1.82) is 0 Å². The predicted molar refractivity (Wildman–Crippen MR) is 94.7 cm³/mol. The summed E-state index contributed by atoms with van der Waals surface area (Å²) in [5.74, 6) is -0.461. The standard InChI is InChI=1S/C17H18FN5OS/c1-23-15(9-20-22-23)12-7-16(25-10-12)17(24)21-14(8-19)6-11-2-4-13(18)5-3-11/h2-5,7,9-10,14H,6,8,19H2,1H3,(H,21,24). The van der Waals surface area contributed by atoms with E-state index >= 15 is 0 Å². The maximum Gasteiger partial charge on any atom is 0.261 e. The number of hydrogen-bond acceptors (Lipinski definition) is 5. The minimum Gasteiger partial charge on any atom is -0.347 e. The number of benzene rings is 1. The van der Waals surface area contributed by atoms with Crippen molar-refractivity contribution in [3.05, 3.63) is 58.2 Å². The molecule has 3 rings (SSSR count). The minimum absolute atomic E-state index is 0.177. The molecule has 1 unspecified atom stereocenters. The Balaban J connectivity index is 1.67. The number of nitrogens with zero attached hydrogens (tertiary/aromatic N) is 3. The number of aryl methyl sites for hydroxylation is 1. The van der Waals surface area contributed by atoms with Crippen molar-refractivity contribution in [2.45, 2.75) is 12.5 Å². The van der Waals surface area contributed by atoms with Crippen molar-refractivity contribution in [2.24, 2.45) is 12.8 Å². The number of hydrogen-bond donors (Lipinski definition) is 2. The van der Waals surface area contributed by atoms with Gasteiger partial charge in [-0.2, -0.15) is 0 Å².